The third kappa shape index (κ3) is 3.74. The van der Waals surface area contributed by atoms with E-state index in [0.29, 0.717) is 20.6 Å². The third-order valence-electron chi connectivity index (χ3n) is 2.11. The van der Waals surface area contributed by atoms with Crippen LogP contribution in [0.5, 0.6) is 0 Å². The molecule has 2 nitrogen and oxygen atoms in total. The molecular formula is C11H4Br3Cl2NOS. The molecule has 100 valence electrons. The molecule has 19 heavy (non-hydrogen) atoms. The minimum absolute atomic E-state index is 0.262. The molecule has 1 heterocycles. The van der Waals surface area contributed by atoms with Gasteiger partial charge in [-0.25, -0.2) is 0 Å². The summed E-state index contributed by atoms with van der Waals surface area (Å²) in [6, 6.07) is 5.07. The number of hydrogen-bond acceptors (Lipinski definition) is 2. The first-order valence-corrected chi connectivity index (χ1v) is 8.74. The van der Waals surface area contributed by atoms with Crippen LogP contribution < -0.4 is 5.32 Å². The number of hydrogen-bond donors (Lipinski definition) is 1. The largest absolute Gasteiger partial charge is 0.319 e. The molecule has 0 saturated carbocycles. The van der Waals surface area contributed by atoms with Crippen molar-refractivity contribution in [1.29, 1.82) is 0 Å². The van der Waals surface area contributed by atoms with E-state index in [2.05, 4.69) is 53.1 Å². The highest BCUT2D eigenvalue weighted by molar-refractivity contribution is 9.13. The molecule has 8 heteroatoms. The van der Waals surface area contributed by atoms with Crippen molar-refractivity contribution in [2.75, 3.05) is 5.32 Å². The smallest absolute Gasteiger partial charge is 0.265 e. The lowest BCUT2D eigenvalue weighted by molar-refractivity contribution is 0.103. The normalized spacial score (nSPS) is 10.6. The topological polar surface area (TPSA) is 29.1 Å². The molecule has 1 N–H and O–H groups in total. The van der Waals surface area contributed by atoms with Crippen LogP contribution in [-0.2, 0) is 0 Å². The molecule has 0 fully saturated rings. The number of amides is 1. The molecule has 2 aromatic rings. The Kier molecular flexibility index (Phi) is 5.36. The van der Waals surface area contributed by atoms with Crippen molar-refractivity contribution in [1.82, 2.24) is 0 Å². The van der Waals surface area contributed by atoms with Crippen LogP contribution in [0, 0.1) is 0 Å². The van der Waals surface area contributed by atoms with Crippen LogP contribution in [0.15, 0.2) is 30.9 Å². The molecule has 0 radical (unpaired) electrons. The summed E-state index contributed by atoms with van der Waals surface area (Å²) in [5.74, 6) is -0.262. The Bertz CT molecular complexity index is 617. The van der Waals surface area contributed by atoms with Gasteiger partial charge in [0.25, 0.3) is 5.91 Å². The molecular weight excluding hydrogens is 505 g/mol. The first-order chi connectivity index (χ1) is 8.88. The maximum absolute atomic E-state index is 12.1. The zero-order chi connectivity index (χ0) is 14.2. The second-order valence-corrected chi connectivity index (χ2v) is 8.39. The van der Waals surface area contributed by atoms with Crippen LogP contribution in [-0.4, -0.2) is 5.91 Å². The second-order valence-electron chi connectivity index (χ2n) is 3.43. The molecule has 0 saturated heterocycles. The second kappa shape index (κ2) is 6.45. The first kappa shape index (κ1) is 15.8. The van der Waals surface area contributed by atoms with Crippen molar-refractivity contribution in [2.24, 2.45) is 0 Å². The summed E-state index contributed by atoms with van der Waals surface area (Å²) in [4.78, 5) is 12.6. The standard InChI is InChI=1S/C11H4Br3Cl2NOS/c12-4-1-6(15)9(7(16)2-4)17-11(18)8-3-5(13)10(14)19-8/h1-3H,(H,17,18). The van der Waals surface area contributed by atoms with Gasteiger partial charge < -0.3 is 5.32 Å². The number of benzene rings is 1. The fourth-order valence-corrected chi connectivity index (χ4v) is 4.53. The molecule has 0 atom stereocenters. The van der Waals surface area contributed by atoms with Gasteiger partial charge in [0.2, 0.25) is 0 Å². The van der Waals surface area contributed by atoms with Gasteiger partial charge in [-0.15, -0.1) is 11.3 Å². The summed E-state index contributed by atoms with van der Waals surface area (Å²) < 4.78 is 2.43. The van der Waals surface area contributed by atoms with E-state index in [1.54, 1.807) is 18.2 Å². The van der Waals surface area contributed by atoms with Gasteiger partial charge in [-0.1, -0.05) is 39.1 Å². The maximum Gasteiger partial charge on any atom is 0.265 e. The van der Waals surface area contributed by atoms with Gasteiger partial charge in [-0.2, -0.15) is 0 Å². The first-order valence-electron chi connectivity index (χ1n) is 4.79. The summed E-state index contributed by atoms with van der Waals surface area (Å²) in [7, 11) is 0. The van der Waals surface area contributed by atoms with Gasteiger partial charge in [-0.05, 0) is 50.1 Å². The predicted molar refractivity (Wildman–Crippen MR) is 91.8 cm³/mol. The van der Waals surface area contributed by atoms with Crippen LogP contribution in [0.25, 0.3) is 0 Å². The van der Waals surface area contributed by atoms with Crippen LogP contribution in [0.2, 0.25) is 10.0 Å². The van der Waals surface area contributed by atoms with E-state index in [0.717, 1.165) is 12.7 Å². The van der Waals surface area contributed by atoms with Crippen LogP contribution >= 0.6 is 82.3 Å². The Labute approximate surface area is 148 Å². The zero-order valence-electron chi connectivity index (χ0n) is 8.94. The lowest BCUT2D eigenvalue weighted by atomic mass is 10.3. The lowest BCUT2D eigenvalue weighted by Crippen LogP contribution is -2.10. The predicted octanol–water partition coefficient (Wildman–Crippen LogP) is 6.59. The summed E-state index contributed by atoms with van der Waals surface area (Å²) >= 11 is 23.4. The highest BCUT2D eigenvalue weighted by Gasteiger charge is 2.15. The molecule has 1 aromatic heterocycles. The number of rotatable bonds is 2. The average molecular weight is 509 g/mol. The zero-order valence-corrected chi connectivity index (χ0v) is 16.0. The Morgan fingerprint density at radius 2 is 1.68 bits per heavy atom. The van der Waals surface area contributed by atoms with Gasteiger partial charge in [0, 0.05) is 8.95 Å². The number of nitrogens with one attached hydrogen (secondary N) is 1. The van der Waals surface area contributed by atoms with Crippen molar-refractivity contribution < 1.29 is 4.79 Å². The van der Waals surface area contributed by atoms with E-state index in [-0.39, 0.29) is 5.91 Å². The van der Waals surface area contributed by atoms with Crippen molar-refractivity contribution in [3.63, 3.8) is 0 Å². The lowest BCUT2D eigenvalue weighted by Gasteiger charge is -2.08. The van der Waals surface area contributed by atoms with E-state index < -0.39 is 0 Å². The molecule has 1 amide bonds. The SMILES string of the molecule is O=C(Nc1c(Cl)cc(Br)cc1Cl)c1cc(Br)c(Br)s1. The maximum atomic E-state index is 12.1. The van der Waals surface area contributed by atoms with Gasteiger partial charge in [0.05, 0.1) is 24.4 Å². The van der Waals surface area contributed by atoms with Gasteiger partial charge in [0.15, 0.2) is 0 Å². The summed E-state index contributed by atoms with van der Waals surface area (Å²) in [5.41, 5.74) is 0.400. The highest BCUT2D eigenvalue weighted by atomic mass is 79.9. The van der Waals surface area contributed by atoms with Gasteiger partial charge in [0.1, 0.15) is 0 Å². The Morgan fingerprint density at radius 1 is 1.11 bits per heavy atom. The van der Waals surface area contributed by atoms with E-state index >= 15 is 0 Å². The van der Waals surface area contributed by atoms with E-state index in [9.17, 15) is 4.79 Å². The van der Waals surface area contributed by atoms with Crippen LogP contribution in [0.4, 0.5) is 5.69 Å². The number of halogens is 5. The monoisotopic (exact) mass is 505 g/mol. The number of carbonyl (C=O) groups is 1. The minimum Gasteiger partial charge on any atom is -0.319 e. The summed E-state index contributed by atoms with van der Waals surface area (Å²) in [6.07, 6.45) is 0. The van der Waals surface area contributed by atoms with Gasteiger partial charge >= 0.3 is 0 Å². The van der Waals surface area contributed by atoms with E-state index in [4.69, 9.17) is 23.2 Å². The fraction of sp³-hybridized carbons (Fsp3) is 0. The minimum atomic E-state index is -0.262. The average Bonchev–Trinajstić information content (AvgIpc) is 2.64. The molecule has 1 aromatic carbocycles. The van der Waals surface area contributed by atoms with Gasteiger partial charge in [-0.3, -0.25) is 4.79 Å². The van der Waals surface area contributed by atoms with Crippen molar-refractivity contribution in [3.8, 4) is 0 Å². The van der Waals surface area contributed by atoms with Crippen LogP contribution in [0.3, 0.4) is 0 Å². The molecule has 2 rings (SSSR count). The van der Waals surface area contributed by atoms with Crippen LogP contribution in [0.1, 0.15) is 9.67 Å². The quantitative estimate of drug-likeness (QED) is 0.487. The number of anilines is 1. The van der Waals surface area contributed by atoms with Crippen molar-refractivity contribution >= 4 is 93.9 Å². The molecule has 0 aliphatic heterocycles. The van der Waals surface area contributed by atoms with Crippen molar-refractivity contribution in [2.45, 2.75) is 0 Å². The Balaban J connectivity index is 2.29. The molecule has 0 spiro atoms. The highest BCUT2D eigenvalue weighted by Crippen LogP contribution is 2.36. The molecule has 0 unspecified atom stereocenters. The molecule has 0 aliphatic rings. The molecule has 0 aliphatic carbocycles. The Morgan fingerprint density at radius 3 is 2.16 bits per heavy atom. The number of carbonyl (C=O) groups excluding carboxylic acids is 1. The van der Waals surface area contributed by atoms with E-state index in [1.165, 1.54) is 11.3 Å². The Hall–Kier alpha value is 0.410. The van der Waals surface area contributed by atoms with Crippen molar-refractivity contribution in [3.05, 3.63) is 45.9 Å². The number of thiophene rings is 1. The van der Waals surface area contributed by atoms with E-state index in [1.807, 2.05) is 0 Å². The summed E-state index contributed by atoms with van der Waals surface area (Å²) in [5, 5.41) is 3.46. The fourth-order valence-electron chi connectivity index (χ4n) is 1.30. The summed E-state index contributed by atoms with van der Waals surface area (Å²) in [6.45, 7) is 0. The molecule has 0 bridgehead atoms. The third-order valence-corrected chi connectivity index (χ3v) is 6.42.